The minimum Gasteiger partial charge on any atom is -0.367 e. The number of aromatic nitrogens is 2. The van der Waals surface area contributed by atoms with Crippen LogP contribution in [-0.4, -0.2) is 77.8 Å². The van der Waals surface area contributed by atoms with Crippen LogP contribution in [0, 0.1) is 0 Å². The molecule has 0 unspecified atom stereocenters. The lowest BCUT2D eigenvalue weighted by molar-refractivity contribution is 0.0658. The van der Waals surface area contributed by atoms with Crippen LogP contribution in [0.2, 0.25) is 0 Å². The number of ketones is 1. The lowest BCUT2D eigenvalue weighted by atomic mass is 10.1. The van der Waals surface area contributed by atoms with E-state index in [0.717, 1.165) is 76.6 Å². The number of likely N-dealkylation sites (N-methyl/N-ethyl adjacent to an activating group) is 1. The Balaban J connectivity index is 0.000000157. The molecule has 5 heterocycles. The van der Waals surface area contributed by atoms with Crippen LogP contribution < -0.4 is 9.80 Å². The van der Waals surface area contributed by atoms with Crippen LogP contribution in [0.15, 0.2) is 72.8 Å². The second kappa shape index (κ2) is 12.3. The van der Waals surface area contributed by atoms with Crippen molar-refractivity contribution in [2.24, 2.45) is 0 Å². The lowest BCUT2D eigenvalue weighted by Crippen LogP contribution is -2.47. The van der Waals surface area contributed by atoms with Crippen molar-refractivity contribution < 1.29 is 9.59 Å². The van der Waals surface area contributed by atoms with E-state index in [1.807, 2.05) is 23.1 Å². The Bertz CT molecular complexity index is 1520. The van der Waals surface area contributed by atoms with E-state index in [0.29, 0.717) is 0 Å². The van der Waals surface area contributed by atoms with Gasteiger partial charge in [-0.1, -0.05) is 36.4 Å². The maximum Gasteiger partial charge on any atom is 0.270 e. The molecule has 218 valence electrons. The molecule has 8 heteroatoms. The van der Waals surface area contributed by atoms with E-state index in [1.54, 1.807) is 6.92 Å². The number of H-pyrrole nitrogens is 2. The van der Waals surface area contributed by atoms with Crippen LogP contribution in [0.3, 0.4) is 0 Å². The van der Waals surface area contributed by atoms with Crippen molar-refractivity contribution in [3.8, 4) is 0 Å². The number of nitrogens with zero attached hydrogens (tertiary/aromatic N) is 4. The Morgan fingerprint density at radius 2 is 1.12 bits per heavy atom. The molecular weight excluding hydrogens is 524 g/mol. The smallest absolute Gasteiger partial charge is 0.270 e. The van der Waals surface area contributed by atoms with Crippen LogP contribution in [-0.2, 0) is 25.9 Å². The first-order valence-electron chi connectivity index (χ1n) is 14.9. The number of carbonyl (C=O) groups is 2. The number of anilines is 2. The molecule has 2 aromatic heterocycles. The maximum absolute atomic E-state index is 12.7. The molecule has 2 N–H and O–H groups in total. The summed E-state index contributed by atoms with van der Waals surface area (Å²) >= 11 is 0. The Morgan fingerprint density at radius 3 is 1.62 bits per heavy atom. The third-order valence-electron chi connectivity index (χ3n) is 8.61. The van der Waals surface area contributed by atoms with E-state index in [-0.39, 0.29) is 11.7 Å². The summed E-state index contributed by atoms with van der Waals surface area (Å²) in [5.74, 6) is 0.249. The highest BCUT2D eigenvalue weighted by Crippen LogP contribution is 2.26. The van der Waals surface area contributed by atoms with Crippen LogP contribution in [0.4, 0.5) is 11.4 Å². The van der Waals surface area contributed by atoms with Gasteiger partial charge in [-0.2, -0.15) is 0 Å². The van der Waals surface area contributed by atoms with Gasteiger partial charge in [0, 0.05) is 94.9 Å². The first kappa shape index (κ1) is 27.8. The molecule has 0 bridgehead atoms. The van der Waals surface area contributed by atoms with Gasteiger partial charge in [0.2, 0.25) is 0 Å². The zero-order valence-corrected chi connectivity index (χ0v) is 24.6. The van der Waals surface area contributed by atoms with E-state index in [1.165, 1.54) is 33.9 Å². The summed E-state index contributed by atoms with van der Waals surface area (Å²) < 4.78 is 0. The number of aromatic amines is 2. The fourth-order valence-electron chi connectivity index (χ4n) is 6.07. The summed E-state index contributed by atoms with van der Waals surface area (Å²) in [6.07, 6.45) is 1.93. The molecule has 0 atom stereocenters. The van der Waals surface area contributed by atoms with Crippen molar-refractivity contribution in [1.29, 1.82) is 0 Å². The quantitative estimate of drug-likeness (QED) is 0.350. The first-order valence-corrected chi connectivity index (χ1v) is 14.9. The average molecular weight is 565 g/mol. The maximum atomic E-state index is 12.7. The fourth-order valence-corrected chi connectivity index (χ4v) is 6.07. The molecule has 1 saturated heterocycles. The second-order valence-corrected chi connectivity index (χ2v) is 11.5. The summed E-state index contributed by atoms with van der Waals surface area (Å²) in [7, 11) is 2.10. The summed E-state index contributed by atoms with van der Waals surface area (Å²) in [6.45, 7) is 8.86. The van der Waals surface area contributed by atoms with Crippen molar-refractivity contribution in [3.05, 3.63) is 107 Å². The zero-order valence-electron chi connectivity index (χ0n) is 24.6. The third-order valence-corrected chi connectivity index (χ3v) is 8.61. The third kappa shape index (κ3) is 6.14. The van der Waals surface area contributed by atoms with Gasteiger partial charge in [-0.25, -0.2) is 0 Å². The van der Waals surface area contributed by atoms with Gasteiger partial charge in [0.1, 0.15) is 5.69 Å². The van der Waals surface area contributed by atoms with Gasteiger partial charge in [0.25, 0.3) is 5.91 Å². The Kier molecular flexibility index (Phi) is 8.15. The predicted molar refractivity (Wildman–Crippen MR) is 167 cm³/mol. The number of rotatable bonds is 4. The highest BCUT2D eigenvalue weighted by atomic mass is 16.2. The summed E-state index contributed by atoms with van der Waals surface area (Å²) in [5, 5.41) is 0. The molecule has 42 heavy (non-hydrogen) atoms. The van der Waals surface area contributed by atoms with Gasteiger partial charge in [0.15, 0.2) is 5.78 Å². The molecule has 2 aromatic carbocycles. The molecule has 0 radical (unpaired) electrons. The molecule has 3 aliphatic heterocycles. The number of carbonyl (C=O) groups excluding carboxylic acids is 2. The van der Waals surface area contributed by atoms with Gasteiger partial charge in [-0.05, 0) is 54.6 Å². The minimum atomic E-state index is 0.107. The van der Waals surface area contributed by atoms with Gasteiger partial charge < -0.3 is 29.6 Å². The number of piperazine rings is 1. The number of nitrogens with one attached hydrogen (secondary N) is 2. The number of Topliss-reactive ketones (excluding diaryl/α,β-unsaturated/α-hetero) is 1. The Labute approximate surface area is 247 Å². The minimum absolute atomic E-state index is 0.107. The van der Waals surface area contributed by atoms with Gasteiger partial charge >= 0.3 is 0 Å². The number of hydrogen-bond donors (Lipinski definition) is 2. The Morgan fingerprint density at radius 1 is 0.643 bits per heavy atom. The standard InChI is InChI=1S/C19H24N4O.C15H16N2O/c1-21-9-11-22(12-10-21)19(24)18-13-15-14-23(8-7-17(15)20-18)16-5-3-2-4-6-16;1-11(18)15-9-12-10-17(8-7-14(12)16-15)13-5-3-2-4-6-13/h2-6,13,20H,7-12,14H2,1H3;2-6,9,16H,7-8,10H2,1H3. The molecule has 7 rings (SSSR count). The van der Waals surface area contributed by atoms with E-state index in [9.17, 15) is 9.59 Å². The van der Waals surface area contributed by atoms with Crippen LogP contribution in [0.5, 0.6) is 0 Å². The van der Waals surface area contributed by atoms with Gasteiger partial charge in [-0.15, -0.1) is 0 Å². The summed E-state index contributed by atoms with van der Waals surface area (Å²) in [5.41, 5.74) is 8.91. The van der Waals surface area contributed by atoms with Crippen molar-refractivity contribution in [1.82, 2.24) is 19.8 Å². The molecule has 0 spiro atoms. The monoisotopic (exact) mass is 564 g/mol. The molecule has 3 aliphatic rings. The average Bonchev–Trinajstić information content (AvgIpc) is 3.66. The molecule has 0 saturated carbocycles. The SMILES string of the molecule is CC(=O)c1cc2c([nH]1)CCN(c1ccccc1)C2.CN1CCN(C(=O)c2cc3c([nH]2)CCN(c2ccccc2)C3)CC1. The molecular formula is C34H40N6O2. The predicted octanol–water partition coefficient (Wildman–Crippen LogP) is 4.75. The highest BCUT2D eigenvalue weighted by molar-refractivity contribution is 5.93. The molecule has 1 amide bonds. The van der Waals surface area contributed by atoms with Crippen LogP contribution >= 0.6 is 0 Å². The number of para-hydroxylation sites is 2. The van der Waals surface area contributed by atoms with Crippen LogP contribution in [0.1, 0.15) is 50.4 Å². The Hall–Kier alpha value is -4.30. The van der Waals surface area contributed by atoms with E-state index in [2.05, 4.69) is 86.3 Å². The number of benzene rings is 2. The fraction of sp³-hybridized carbons (Fsp3) is 0.353. The summed E-state index contributed by atoms with van der Waals surface area (Å²) in [6, 6.07) is 24.9. The molecule has 4 aromatic rings. The van der Waals surface area contributed by atoms with Crippen molar-refractivity contribution in [3.63, 3.8) is 0 Å². The largest absolute Gasteiger partial charge is 0.367 e. The summed E-state index contributed by atoms with van der Waals surface area (Å²) in [4.78, 5) is 39.7. The molecule has 0 aliphatic carbocycles. The van der Waals surface area contributed by atoms with E-state index >= 15 is 0 Å². The number of hydrogen-bond acceptors (Lipinski definition) is 5. The highest BCUT2D eigenvalue weighted by Gasteiger charge is 2.25. The van der Waals surface area contributed by atoms with E-state index in [4.69, 9.17) is 0 Å². The second-order valence-electron chi connectivity index (χ2n) is 11.5. The van der Waals surface area contributed by atoms with Crippen molar-refractivity contribution >= 4 is 23.1 Å². The van der Waals surface area contributed by atoms with Gasteiger partial charge in [-0.3, -0.25) is 9.59 Å². The van der Waals surface area contributed by atoms with Crippen LogP contribution in [0.25, 0.3) is 0 Å². The normalized spacial score (nSPS) is 16.8. The molecule has 8 nitrogen and oxygen atoms in total. The number of fused-ring (bicyclic) bond motifs is 2. The zero-order chi connectivity index (χ0) is 29.1. The molecule has 1 fully saturated rings. The van der Waals surface area contributed by atoms with Crippen molar-refractivity contribution in [2.45, 2.75) is 32.9 Å². The first-order chi connectivity index (χ1) is 20.4. The van der Waals surface area contributed by atoms with E-state index < -0.39 is 0 Å². The topological polar surface area (TPSA) is 78.7 Å². The number of amides is 1. The van der Waals surface area contributed by atoms with Crippen molar-refractivity contribution in [2.75, 3.05) is 56.1 Å². The lowest BCUT2D eigenvalue weighted by Gasteiger charge is -2.32. The van der Waals surface area contributed by atoms with Gasteiger partial charge in [0.05, 0.1) is 5.69 Å².